The highest BCUT2D eigenvalue weighted by Gasteiger charge is 2.06. The van der Waals surface area contributed by atoms with E-state index in [0.29, 0.717) is 31.2 Å². The van der Waals surface area contributed by atoms with Crippen molar-refractivity contribution in [2.75, 3.05) is 13.7 Å². The van der Waals surface area contributed by atoms with Crippen molar-refractivity contribution in [1.82, 2.24) is 5.32 Å². The zero-order valence-corrected chi connectivity index (χ0v) is 13.1. The van der Waals surface area contributed by atoms with Crippen molar-refractivity contribution < 1.29 is 19.4 Å². The number of methoxy groups -OCH3 is 1. The molecular weight excluding hydrogens is 294 g/mol. The van der Waals surface area contributed by atoms with E-state index in [1.54, 1.807) is 7.11 Å². The van der Waals surface area contributed by atoms with Crippen LogP contribution in [0.25, 0.3) is 0 Å². The highest BCUT2D eigenvalue weighted by atomic mass is 16.5. The maximum Gasteiger partial charge on any atom is 0.304 e. The van der Waals surface area contributed by atoms with Crippen LogP contribution < -0.4 is 14.8 Å². The fourth-order valence-corrected chi connectivity index (χ4v) is 2.10. The number of carbonyl (C=O) groups is 1. The number of hydrogen-bond acceptors (Lipinski definition) is 4. The Labute approximate surface area is 135 Å². The van der Waals surface area contributed by atoms with Gasteiger partial charge in [-0.15, -0.1) is 0 Å². The predicted molar refractivity (Wildman–Crippen MR) is 87.7 cm³/mol. The molecule has 0 atom stereocenters. The highest BCUT2D eigenvalue weighted by Crippen LogP contribution is 2.28. The van der Waals surface area contributed by atoms with Crippen LogP contribution in [0.5, 0.6) is 11.5 Å². The molecular formula is C18H21NO4. The van der Waals surface area contributed by atoms with Gasteiger partial charge >= 0.3 is 5.97 Å². The maximum atomic E-state index is 10.5. The van der Waals surface area contributed by atoms with Gasteiger partial charge in [0.1, 0.15) is 6.61 Å². The average molecular weight is 315 g/mol. The summed E-state index contributed by atoms with van der Waals surface area (Å²) in [4.78, 5) is 10.5. The summed E-state index contributed by atoms with van der Waals surface area (Å²) in [5, 5.41) is 11.7. The molecule has 0 spiro atoms. The lowest BCUT2D eigenvalue weighted by molar-refractivity contribution is -0.136. The topological polar surface area (TPSA) is 67.8 Å². The standard InChI is InChI=1S/C18H21NO4/c1-22-17-11-15(12-19-10-9-18(20)21)7-8-16(17)23-13-14-5-3-2-4-6-14/h2-8,11,19H,9-10,12-13H2,1H3,(H,20,21). The average Bonchev–Trinajstić information content (AvgIpc) is 2.58. The van der Waals surface area contributed by atoms with Crippen LogP contribution in [0.3, 0.4) is 0 Å². The van der Waals surface area contributed by atoms with Gasteiger partial charge < -0.3 is 19.9 Å². The first-order valence-electron chi connectivity index (χ1n) is 7.45. The molecule has 0 aliphatic heterocycles. The number of hydrogen-bond donors (Lipinski definition) is 2. The van der Waals surface area contributed by atoms with Gasteiger partial charge in [-0.2, -0.15) is 0 Å². The van der Waals surface area contributed by atoms with E-state index in [2.05, 4.69) is 5.32 Å². The normalized spacial score (nSPS) is 10.3. The van der Waals surface area contributed by atoms with Crippen molar-refractivity contribution in [3.8, 4) is 11.5 Å². The Bertz CT molecular complexity index is 628. The molecule has 2 aromatic rings. The number of carboxylic acid groups (broad SMARTS) is 1. The van der Waals surface area contributed by atoms with Crippen molar-refractivity contribution in [3.63, 3.8) is 0 Å². The van der Waals surface area contributed by atoms with E-state index in [9.17, 15) is 4.79 Å². The summed E-state index contributed by atoms with van der Waals surface area (Å²) in [6, 6.07) is 15.6. The van der Waals surface area contributed by atoms with Crippen molar-refractivity contribution in [2.24, 2.45) is 0 Å². The molecule has 0 aromatic heterocycles. The zero-order valence-electron chi connectivity index (χ0n) is 13.1. The molecule has 122 valence electrons. The lowest BCUT2D eigenvalue weighted by Crippen LogP contribution is -2.17. The molecule has 23 heavy (non-hydrogen) atoms. The van der Waals surface area contributed by atoms with Crippen LogP contribution in [-0.4, -0.2) is 24.7 Å². The number of carboxylic acids is 1. The van der Waals surface area contributed by atoms with E-state index < -0.39 is 5.97 Å². The van der Waals surface area contributed by atoms with Gasteiger partial charge in [-0.25, -0.2) is 0 Å². The first-order chi connectivity index (χ1) is 11.2. The van der Waals surface area contributed by atoms with Crippen LogP contribution in [0, 0.1) is 0 Å². The fraction of sp³-hybridized carbons (Fsp3) is 0.278. The van der Waals surface area contributed by atoms with Gasteiger partial charge in [-0.1, -0.05) is 36.4 Å². The SMILES string of the molecule is COc1cc(CNCCC(=O)O)ccc1OCc1ccccc1. The Morgan fingerprint density at radius 3 is 2.57 bits per heavy atom. The smallest absolute Gasteiger partial charge is 0.304 e. The predicted octanol–water partition coefficient (Wildman–Crippen LogP) is 2.84. The monoisotopic (exact) mass is 315 g/mol. The van der Waals surface area contributed by atoms with Gasteiger partial charge in [-0.05, 0) is 23.3 Å². The van der Waals surface area contributed by atoms with E-state index in [4.69, 9.17) is 14.6 Å². The van der Waals surface area contributed by atoms with Crippen LogP contribution in [-0.2, 0) is 17.9 Å². The lowest BCUT2D eigenvalue weighted by Gasteiger charge is -2.12. The summed E-state index contributed by atoms with van der Waals surface area (Å²) < 4.78 is 11.2. The van der Waals surface area contributed by atoms with Gasteiger partial charge in [0, 0.05) is 13.1 Å². The van der Waals surface area contributed by atoms with Crippen LogP contribution in [0.4, 0.5) is 0 Å². The fourth-order valence-electron chi connectivity index (χ4n) is 2.10. The van der Waals surface area contributed by atoms with Crippen LogP contribution >= 0.6 is 0 Å². The quantitative estimate of drug-likeness (QED) is 0.697. The largest absolute Gasteiger partial charge is 0.493 e. The summed E-state index contributed by atoms with van der Waals surface area (Å²) >= 11 is 0. The van der Waals surface area contributed by atoms with Crippen molar-refractivity contribution in [2.45, 2.75) is 19.6 Å². The van der Waals surface area contributed by atoms with Crippen LogP contribution in [0.1, 0.15) is 17.5 Å². The maximum absolute atomic E-state index is 10.5. The molecule has 5 nitrogen and oxygen atoms in total. The molecule has 0 bridgehead atoms. The molecule has 0 saturated heterocycles. The number of benzene rings is 2. The first-order valence-corrected chi connectivity index (χ1v) is 7.45. The van der Waals surface area contributed by atoms with Crippen LogP contribution in [0.15, 0.2) is 48.5 Å². The Hall–Kier alpha value is -2.53. The Balaban J connectivity index is 1.92. The molecule has 0 unspecified atom stereocenters. The van der Waals surface area contributed by atoms with E-state index in [1.165, 1.54) is 0 Å². The molecule has 0 fully saturated rings. The second-order valence-electron chi connectivity index (χ2n) is 5.08. The number of nitrogens with one attached hydrogen (secondary N) is 1. The third-order valence-corrected chi connectivity index (χ3v) is 3.31. The zero-order chi connectivity index (χ0) is 16.5. The van der Waals surface area contributed by atoms with Gasteiger partial charge in [0.25, 0.3) is 0 Å². The minimum absolute atomic E-state index is 0.107. The molecule has 0 radical (unpaired) electrons. The molecule has 5 heteroatoms. The number of ether oxygens (including phenoxy) is 2. The molecule has 2 N–H and O–H groups in total. The van der Waals surface area contributed by atoms with Crippen molar-refractivity contribution >= 4 is 5.97 Å². The third kappa shape index (κ3) is 5.64. The second kappa shape index (κ2) is 8.80. The second-order valence-corrected chi connectivity index (χ2v) is 5.08. The highest BCUT2D eigenvalue weighted by molar-refractivity contribution is 5.66. The number of aliphatic carboxylic acids is 1. The summed E-state index contributed by atoms with van der Waals surface area (Å²) in [5.41, 5.74) is 2.10. The van der Waals surface area contributed by atoms with Gasteiger partial charge in [0.15, 0.2) is 11.5 Å². The molecule has 0 aliphatic rings. The Morgan fingerprint density at radius 2 is 1.87 bits per heavy atom. The summed E-state index contributed by atoms with van der Waals surface area (Å²) in [7, 11) is 1.60. The van der Waals surface area contributed by atoms with Crippen molar-refractivity contribution in [3.05, 3.63) is 59.7 Å². The van der Waals surface area contributed by atoms with E-state index in [1.807, 2.05) is 48.5 Å². The van der Waals surface area contributed by atoms with E-state index >= 15 is 0 Å². The molecule has 0 saturated carbocycles. The van der Waals surface area contributed by atoms with E-state index in [0.717, 1.165) is 11.1 Å². The van der Waals surface area contributed by atoms with Gasteiger partial charge in [-0.3, -0.25) is 4.79 Å². The molecule has 0 aliphatic carbocycles. The minimum Gasteiger partial charge on any atom is -0.493 e. The lowest BCUT2D eigenvalue weighted by atomic mass is 10.2. The molecule has 2 aromatic carbocycles. The number of rotatable bonds is 9. The van der Waals surface area contributed by atoms with Gasteiger partial charge in [0.05, 0.1) is 13.5 Å². The van der Waals surface area contributed by atoms with Crippen LogP contribution in [0.2, 0.25) is 0 Å². The Morgan fingerprint density at radius 1 is 1.09 bits per heavy atom. The molecule has 0 heterocycles. The minimum atomic E-state index is -0.806. The molecule has 2 rings (SSSR count). The van der Waals surface area contributed by atoms with Crippen molar-refractivity contribution in [1.29, 1.82) is 0 Å². The van der Waals surface area contributed by atoms with E-state index in [-0.39, 0.29) is 6.42 Å². The molecule has 0 amide bonds. The first kappa shape index (κ1) is 16.8. The summed E-state index contributed by atoms with van der Waals surface area (Å²) in [6.45, 7) is 1.50. The Kier molecular flexibility index (Phi) is 6.44. The summed E-state index contributed by atoms with van der Waals surface area (Å²) in [6.07, 6.45) is 0.107. The van der Waals surface area contributed by atoms with Gasteiger partial charge in [0.2, 0.25) is 0 Å². The third-order valence-electron chi connectivity index (χ3n) is 3.31. The summed E-state index contributed by atoms with van der Waals surface area (Å²) in [5.74, 6) is 0.545.